The summed E-state index contributed by atoms with van der Waals surface area (Å²) in [5.41, 5.74) is 2.43. The number of anilines is 1. The Balaban J connectivity index is 1.55. The number of benzene rings is 2. The van der Waals surface area contributed by atoms with Crippen molar-refractivity contribution < 1.29 is 13.2 Å². The quantitative estimate of drug-likeness (QED) is 0.613. The Labute approximate surface area is 159 Å². The van der Waals surface area contributed by atoms with E-state index in [-0.39, 0.29) is 16.6 Å². The molecule has 2 aromatic carbocycles. The molecule has 0 saturated carbocycles. The van der Waals surface area contributed by atoms with Crippen LogP contribution in [0.2, 0.25) is 0 Å². The normalized spacial score (nSPS) is 11.3. The van der Waals surface area contributed by atoms with Gasteiger partial charge in [0.15, 0.2) is 4.34 Å². The largest absolute Gasteiger partial charge is 0.325 e. The molecule has 1 amide bonds. The van der Waals surface area contributed by atoms with E-state index in [1.165, 1.54) is 47.4 Å². The Morgan fingerprint density at radius 2 is 1.81 bits per heavy atom. The van der Waals surface area contributed by atoms with Gasteiger partial charge in [-0.1, -0.05) is 42.1 Å². The summed E-state index contributed by atoms with van der Waals surface area (Å²) < 4.78 is 23.2. The summed E-state index contributed by atoms with van der Waals surface area (Å²) in [7, 11) is -3.74. The summed E-state index contributed by atoms with van der Waals surface area (Å²) in [4.78, 5) is 16.6. The predicted octanol–water partition coefficient (Wildman–Crippen LogP) is 3.19. The average Bonchev–Trinajstić information content (AvgIpc) is 3.09. The number of nitrogens with one attached hydrogen (secondary N) is 1. The minimum Gasteiger partial charge on any atom is -0.325 e. The number of carbonyl (C=O) groups is 1. The first-order valence-corrected chi connectivity index (χ1v) is 10.9. The van der Waals surface area contributed by atoms with E-state index in [1.54, 1.807) is 0 Å². The fraction of sp³-hybridized carbons (Fsp3) is 0.0588. The Kier molecular flexibility index (Phi) is 5.72. The van der Waals surface area contributed by atoms with Gasteiger partial charge in [-0.3, -0.25) is 4.79 Å². The highest BCUT2D eigenvalue weighted by Gasteiger charge is 2.10. The number of hydrogen-bond acceptors (Lipinski definition) is 6. The van der Waals surface area contributed by atoms with Crippen molar-refractivity contribution in [3.05, 3.63) is 60.0 Å². The lowest BCUT2D eigenvalue weighted by atomic mass is 10.2. The second-order valence-corrected chi connectivity index (χ2v) is 8.91. The third-order valence-electron chi connectivity index (χ3n) is 3.35. The van der Waals surface area contributed by atoms with Crippen LogP contribution < -0.4 is 10.5 Å². The number of rotatable bonds is 6. The Morgan fingerprint density at radius 1 is 1.12 bits per heavy atom. The zero-order chi connectivity index (χ0) is 18.6. The lowest BCUT2D eigenvalue weighted by molar-refractivity contribution is -0.113. The van der Waals surface area contributed by atoms with E-state index in [4.69, 9.17) is 5.14 Å². The van der Waals surface area contributed by atoms with Gasteiger partial charge in [0.25, 0.3) is 0 Å². The fourth-order valence-corrected chi connectivity index (χ4v) is 4.27. The van der Waals surface area contributed by atoms with E-state index in [0.29, 0.717) is 5.69 Å². The smallest absolute Gasteiger partial charge is 0.238 e. The fourth-order valence-electron chi connectivity index (χ4n) is 2.12. The maximum atomic E-state index is 12.0. The summed E-state index contributed by atoms with van der Waals surface area (Å²) in [5, 5.41) is 9.71. The van der Waals surface area contributed by atoms with Crippen molar-refractivity contribution in [2.45, 2.75) is 9.24 Å². The number of primary sulfonamides is 1. The standard InChI is InChI=1S/C17H15N3O3S3/c18-26(22,23)14-8-6-13(7-9-14)19-16(21)11-25-17-20-15(10-24-17)12-4-2-1-3-5-12/h1-10H,11H2,(H,19,21)(H2,18,22,23). The number of sulfonamides is 1. The summed E-state index contributed by atoms with van der Waals surface area (Å²) >= 11 is 2.84. The number of hydrogen-bond donors (Lipinski definition) is 2. The summed E-state index contributed by atoms with van der Waals surface area (Å²) in [5.74, 6) is 0.00778. The molecule has 3 N–H and O–H groups in total. The zero-order valence-electron chi connectivity index (χ0n) is 13.5. The Hall–Kier alpha value is -2.20. The van der Waals surface area contributed by atoms with Gasteiger partial charge in [0, 0.05) is 16.6 Å². The van der Waals surface area contributed by atoms with Crippen molar-refractivity contribution in [1.82, 2.24) is 4.98 Å². The first-order valence-electron chi connectivity index (χ1n) is 7.48. The molecule has 0 atom stereocenters. The van der Waals surface area contributed by atoms with Crippen LogP contribution in [-0.4, -0.2) is 25.1 Å². The number of thioether (sulfide) groups is 1. The molecule has 1 aromatic heterocycles. The number of nitrogens with two attached hydrogens (primary N) is 1. The molecule has 134 valence electrons. The van der Waals surface area contributed by atoms with Crippen LogP contribution in [0.5, 0.6) is 0 Å². The van der Waals surface area contributed by atoms with Crippen molar-refractivity contribution in [2.24, 2.45) is 5.14 Å². The topological polar surface area (TPSA) is 102 Å². The maximum Gasteiger partial charge on any atom is 0.238 e. The van der Waals surface area contributed by atoms with Gasteiger partial charge in [0.05, 0.1) is 16.3 Å². The molecule has 9 heteroatoms. The minimum absolute atomic E-state index is 0.00102. The van der Waals surface area contributed by atoms with Gasteiger partial charge >= 0.3 is 0 Å². The van der Waals surface area contributed by atoms with Crippen molar-refractivity contribution in [1.29, 1.82) is 0 Å². The molecule has 0 aliphatic heterocycles. The third-order valence-corrected chi connectivity index (χ3v) is 6.30. The predicted molar refractivity (Wildman–Crippen MR) is 105 cm³/mol. The number of aromatic nitrogens is 1. The first kappa shape index (κ1) is 18.6. The molecule has 0 saturated heterocycles. The highest BCUT2D eigenvalue weighted by molar-refractivity contribution is 8.01. The molecule has 26 heavy (non-hydrogen) atoms. The first-order chi connectivity index (χ1) is 12.4. The SMILES string of the molecule is NS(=O)(=O)c1ccc(NC(=O)CSc2nc(-c3ccccc3)cs2)cc1. The van der Waals surface area contributed by atoms with E-state index in [1.807, 2.05) is 35.7 Å². The van der Waals surface area contributed by atoms with Crippen LogP contribution in [0.15, 0.2) is 69.2 Å². The molecule has 3 rings (SSSR count). The summed E-state index contributed by atoms with van der Waals surface area (Å²) in [6.45, 7) is 0. The van der Waals surface area contributed by atoms with E-state index < -0.39 is 10.0 Å². The van der Waals surface area contributed by atoms with Gasteiger partial charge < -0.3 is 5.32 Å². The number of thiazole rings is 1. The second kappa shape index (κ2) is 8.00. The Bertz CT molecular complexity index is 1000. The summed E-state index contributed by atoms with van der Waals surface area (Å²) in [6, 6.07) is 15.5. The highest BCUT2D eigenvalue weighted by atomic mass is 32.2. The molecule has 3 aromatic rings. The molecule has 1 heterocycles. The van der Waals surface area contributed by atoms with Crippen LogP contribution in [-0.2, 0) is 14.8 Å². The number of nitrogens with zero attached hydrogens (tertiary/aromatic N) is 1. The zero-order valence-corrected chi connectivity index (χ0v) is 15.9. The van der Waals surface area contributed by atoms with E-state index in [2.05, 4.69) is 10.3 Å². The average molecular weight is 406 g/mol. The van der Waals surface area contributed by atoms with Gasteiger partial charge in [-0.25, -0.2) is 18.5 Å². The van der Waals surface area contributed by atoms with Crippen LogP contribution in [0.1, 0.15) is 0 Å². The molecule has 0 bridgehead atoms. The van der Waals surface area contributed by atoms with Crippen LogP contribution in [0.3, 0.4) is 0 Å². The van der Waals surface area contributed by atoms with Gasteiger partial charge in [0.1, 0.15) is 0 Å². The monoisotopic (exact) mass is 405 g/mol. The lowest BCUT2D eigenvalue weighted by Gasteiger charge is -2.05. The molecule has 0 fully saturated rings. The molecule has 0 aliphatic rings. The van der Waals surface area contributed by atoms with Gasteiger partial charge in [0.2, 0.25) is 15.9 Å². The second-order valence-electron chi connectivity index (χ2n) is 5.27. The Morgan fingerprint density at radius 3 is 2.46 bits per heavy atom. The van der Waals surface area contributed by atoms with Crippen molar-refractivity contribution >= 4 is 44.7 Å². The van der Waals surface area contributed by atoms with Gasteiger partial charge in [-0.15, -0.1) is 11.3 Å². The van der Waals surface area contributed by atoms with E-state index in [9.17, 15) is 13.2 Å². The van der Waals surface area contributed by atoms with Crippen molar-refractivity contribution in [3.8, 4) is 11.3 Å². The molecule has 0 unspecified atom stereocenters. The minimum atomic E-state index is -3.74. The van der Waals surface area contributed by atoms with Crippen LogP contribution in [0.4, 0.5) is 5.69 Å². The van der Waals surface area contributed by atoms with Gasteiger partial charge in [-0.2, -0.15) is 0 Å². The number of carbonyl (C=O) groups excluding carboxylic acids is 1. The maximum absolute atomic E-state index is 12.0. The number of amides is 1. The molecule has 6 nitrogen and oxygen atoms in total. The molecule has 0 radical (unpaired) electrons. The lowest BCUT2D eigenvalue weighted by Crippen LogP contribution is -2.15. The van der Waals surface area contributed by atoms with Crippen LogP contribution in [0, 0.1) is 0 Å². The van der Waals surface area contributed by atoms with Crippen LogP contribution >= 0.6 is 23.1 Å². The van der Waals surface area contributed by atoms with E-state index in [0.717, 1.165) is 15.6 Å². The van der Waals surface area contributed by atoms with E-state index >= 15 is 0 Å². The summed E-state index contributed by atoms with van der Waals surface area (Å²) in [6.07, 6.45) is 0. The molecular weight excluding hydrogens is 390 g/mol. The molecule has 0 spiro atoms. The third kappa shape index (κ3) is 4.92. The van der Waals surface area contributed by atoms with Crippen LogP contribution in [0.25, 0.3) is 11.3 Å². The molecule has 0 aliphatic carbocycles. The van der Waals surface area contributed by atoms with Crippen molar-refractivity contribution in [3.63, 3.8) is 0 Å². The van der Waals surface area contributed by atoms with Crippen molar-refractivity contribution in [2.75, 3.05) is 11.1 Å². The van der Waals surface area contributed by atoms with Gasteiger partial charge in [-0.05, 0) is 24.3 Å². The highest BCUT2D eigenvalue weighted by Crippen LogP contribution is 2.28. The molecular formula is C17H15N3O3S3.